The molecule has 1 aromatic rings. The Hall–Kier alpha value is -1.40. The number of carbonyl (C=O) groups excluding carboxylic acids is 1. The molecule has 0 aromatic heterocycles. The number of nitrogens with zero attached hydrogens (tertiary/aromatic N) is 1. The van der Waals surface area contributed by atoms with Crippen molar-refractivity contribution in [2.75, 3.05) is 20.1 Å². The van der Waals surface area contributed by atoms with Gasteiger partial charge in [0.25, 0.3) is 0 Å². The summed E-state index contributed by atoms with van der Waals surface area (Å²) in [7, 11) is 1.66. The highest BCUT2D eigenvalue weighted by Crippen LogP contribution is 2.32. The van der Waals surface area contributed by atoms with Crippen LogP contribution in [-0.2, 0) is 11.3 Å². The number of hydrogen-bond acceptors (Lipinski definition) is 3. The van der Waals surface area contributed by atoms with Crippen LogP contribution in [0, 0.1) is 5.41 Å². The molecule has 0 bridgehead atoms. The summed E-state index contributed by atoms with van der Waals surface area (Å²) in [5.41, 5.74) is 0.950. The van der Waals surface area contributed by atoms with Gasteiger partial charge in [0, 0.05) is 24.6 Å². The van der Waals surface area contributed by atoms with Crippen LogP contribution in [0.5, 0.6) is 0 Å². The molecule has 1 fully saturated rings. The van der Waals surface area contributed by atoms with Crippen LogP contribution in [0.3, 0.4) is 0 Å². The van der Waals surface area contributed by atoms with E-state index in [1.807, 2.05) is 13.0 Å². The van der Waals surface area contributed by atoms with Crippen LogP contribution >= 0.6 is 15.9 Å². The molecule has 114 valence electrons. The molecule has 1 aliphatic rings. The first-order valence-corrected chi connectivity index (χ1v) is 7.61. The fourth-order valence-electron chi connectivity index (χ4n) is 2.73. The lowest BCUT2D eigenvalue weighted by Crippen LogP contribution is -2.39. The average molecular weight is 355 g/mol. The van der Waals surface area contributed by atoms with Gasteiger partial charge < -0.3 is 10.4 Å². The number of nitrogens with one attached hydrogen (secondary N) is 1. The number of amides is 1. The normalized spacial score (nSPS) is 22.2. The quantitative estimate of drug-likeness (QED) is 0.868. The molecule has 2 rings (SSSR count). The number of halogens is 1. The van der Waals surface area contributed by atoms with Gasteiger partial charge in [-0.3, -0.25) is 9.69 Å². The van der Waals surface area contributed by atoms with Crippen molar-refractivity contribution in [3.05, 3.63) is 33.8 Å². The van der Waals surface area contributed by atoms with Gasteiger partial charge in [0.2, 0.25) is 5.91 Å². The van der Waals surface area contributed by atoms with Gasteiger partial charge in [-0.25, -0.2) is 4.79 Å². The van der Waals surface area contributed by atoms with Gasteiger partial charge in [-0.1, -0.05) is 22.0 Å². The van der Waals surface area contributed by atoms with Crippen molar-refractivity contribution in [2.45, 2.75) is 19.9 Å². The molecule has 21 heavy (non-hydrogen) atoms. The van der Waals surface area contributed by atoms with Crippen LogP contribution < -0.4 is 5.32 Å². The highest BCUT2D eigenvalue weighted by atomic mass is 79.9. The number of aromatic carboxylic acids is 1. The van der Waals surface area contributed by atoms with E-state index < -0.39 is 5.97 Å². The predicted molar refractivity (Wildman–Crippen MR) is 83.2 cm³/mol. The molecule has 1 heterocycles. The SMILES string of the molecule is CNC(=O)C1(C)CCN(Cc2ccc(C(=O)O)cc2Br)C1. The first-order chi connectivity index (χ1) is 9.85. The Morgan fingerprint density at radius 1 is 1.48 bits per heavy atom. The topological polar surface area (TPSA) is 69.6 Å². The Morgan fingerprint density at radius 3 is 2.76 bits per heavy atom. The Labute approximate surface area is 132 Å². The summed E-state index contributed by atoms with van der Waals surface area (Å²) < 4.78 is 0.788. The summed E-state index contributed by atoms with van der Waals surface area (Å²) in [6.07, 6.45) is 0.831. The Balaban J connectivity index is 2.07. The van der Waals surface area contributed by atoms with E-state index in [-0.39, 0.29) is 16.9 Å². The maximum absolute atomic E-state index is 11.9. The Bertz CT molecular complexity index is 576. The van der Waals surface area contributed by atoms with Crippen LogP contribution in [0.4, 0.5) is 0 Å². The average Bonchev–Trinajstić information content (AvgIpc) is 2.82. The first-order valence-electron chi connectivity index (χ1n) is 6.82. The second-order valence-electron chi connectivity index (χ2n) is 5.71. The fraction of sp³-hybridized carbons (Fsp3) is 0.467. The van der Waals surface area contributed by atoms with E-state index in [0.717, 1.165) is 23.0 Å². The lowest BCUT2D eigenvalue weighted by Gasteiger charge is -2.23. The molecule has 0 saturated carbocycles. The molecular weight excluding hydrogens is 336 g/mol. The van der Waals surface area contributed by atoms with Crippen molar-refractivity contribution in [3.8, 4) is 0 Å². The molecule has 2 N–H and O–H groups in total. The minimum absolute atomic E-state index is 0.0743. The maximum atomic E-state index is 11.9. The molecule has 1 amide bonds. The summed E-state index contributed by atoms with van der Waals surface area (Å²) in [5.74, 6) is -0.860. The molecule has 5 nitrogen and oxygen atoms in total. The lowest BCUT2D eigenvalue weighted by molar-refractivity contribution is -0.129. The van der Waals surface area contributed by atoms with Crippen LogP contribution in [-0.4, -0.2) is 42.0 Å². The number of carboxylic acids is 1. The van der Waals surface area contributed by atoms with Gasteiger partial charge in [0.15, 0.2) is 0 Å². The van der Waals surface area contributed by atoms with Gasteiger partial charge >= 0.3 is 5.97 Å². The molecule has 0 spiro atoms. The van der Waals surface area contributed by atoms with Crippen molar-refractivity contribution in [2.24, 2.45) is 5.41 Å². The van der Waals surface area contributed by atoms with Crippen molar-refractivity contribution < 1.29 is 14.7 Å². The molecule has 6 heteroatoms. The standard InChI is InChI=1S/C15H19BrN2O3/c1-15(14(21)17-2)5-6-18(9-15)8-11-4-3-10(13(19)20)7-12(11)16/h3-4,7H,5-6,8-9H2,1-2H3,(H,17,21)(H,19,20). The van der Waals surface area contributed by atoms with Gasteiger partial charge in [0.05, 0.1) is 11.0 Å². The first kappa shape index (κ1) is 16.0. The summed E-state index contributed by atoms with van der Waals surface area (Å²) in [6, 6.07) is 5.05. The second-order valence-corrected chi connectivity index (χ2v) is 6.57. The smallest absolute Gasteiger partial charge is 0.335 e. The largest absolute Gasteiger partial charge is 0.478 e. The molecular formula is C15H19BrN2O3. The van der Waals surface area contributed by atoms with E-state index >= 15 is 0 Å². The van der Waals surface area contributed by atoms with Crippen LogP contribution in [0.1, 0.15) is 29.3 Å². The molecule has 1 saturated heterocycles. The second kappa shape index (κ2) is 6.15. The van der Waals surface area contributed by atoms with E-state index in [1.54, 1.807) is 19.2 Å². The monoisotopic (exact) mass is 354 g/mol. The number of carbonyl (C=O) groups is 2. The van der Waals surface area contributed by atoms with Crippen LogP contribution in [0.2, 0.25) is 0 Å². The van der Waals surface area contributed by atoms with Gasteiger partial charge in [-0.05, 0) is 37.6 Å². The van der Waals surface area contributed by atoms with Crippen molar-refractivity contribution in [1.82, 2.24) is 10.2 Å². The van der Waals surface area contributed by atoms with Gasteiger partial charge in [-0.2, -0.15) is 0 Å². The third-order valence-corrected chi connectivity index (χ3v) is 4.76. The zero-order chi connectivity index (χ0) is 15.6. The van der Waals surface area contributed by atoms with E-state index in [1.165, 1.54) is 0 Å². The van der Waals surface area contributed by atoms with Gasteiger partial charge in [0.1, 0.15) is 0 Å². The molecule has 1 aromatic carbocycles. The maximum Gasteiger partial charge on any atom is 0.335 e. The van der Waals surface area contributed by atoms with Gasteiger partial charge in [-0.15, -0.1) is 0 Å². The van der Waals surface area contributed by atoms with Crippen LogP contribution in [0.25, 0.3) is 0 Å². The lowest BCUT2D eigenvalue weighted by atomic mass is 9.89. The molecule has 1 atom stereocenters. The number of benzene rings is 1. The number of rotatable bonds is 4. The summed E-state index contributed by atoms with van der Waals surface area (Å²) >= 11 is 3.42. The number of hydrogen-bond donors (Lipinski definition) is 2. The highest BCUT2D eigenvalue weighted by molar-refractivity contribution is 9.10. The van der Waals surface area contributed by atoms with Crippen molar-refractivity contribution in [1.29, 1.82) is 0 Å². The third-order valence-electron chi connectivity index (χ3n) is 4.02. The fourth-order valence-corrected chi connectivity index (χ4v) is 3.23. The van der Waals surface area contributed by atoms with E-state index in [4.69, 9.17) is 5.11 Å². The summed E-state index contributed by atoms with van der Waals surface area (Å²) in [5, 5.41) is 11.7. The predicted octanol–water partition coefficient (Wildman–Crippen LogP) is 2.11. The number of carboxylic acid groups (broad SMARTS) is 1. The molecule has 0 radical (unpaired) electrons. The van der Waals surface area contributed by atoms with Crippen molar-refractivity contribution >= 4 is 27.8 Å². The zero-order valence-electron chi connectivity index (χ0n) is 12.1. The van der Waals surface area contributed by atoms with Crippen molar-refractivity contribution in [3.63, 3.8) is 0 Å². The summed E-state index contributed by atoms with van der Waals surface area (Å²) in [4.78, 5) is 25.1. The van der Waals surface area contributed by atoms with E-state index in [2.05, 4.69) is 26.1 Å². The van der Waals surface area contributed by atoms with E-state index in [0.29, 0.717) is 13.1 Å². The minimum Gasteiger partial charge on any atom is -0.478 e. The molecule has 1 unspecified atom stereocenters. The van der Waals surface area contributed by atoms with E-state index in [9.17, 15) is 9.59 Å². The highest BCUT2D eigenvalue weighted by Gasteiger charge is 2.39. The number of likely N-dealkylation sites (tertiary alicyclic amines) is 1. The Kier molecular flexibility index (Phi) is 4.68. The summed E-state index contributed by atoms with van der Waals surface area (Å²) in [6.45, 7) is 4.25. The minimum atomic E-state index is -0.935. The molecule has 1 aliphatic heterocycles. The molecule has 0 aliphatic carbocycles. The van der Waals surface area contributed by atoms with Crippen LogP contribution in [0.15, 0.2) is 22.7 Å². The Morgan fingerprint density at radius 2 is 2.19 bits per heavy atom. The zero-order valence-corrected chi connectivity index (χ0v) is 13.7. The third kappa shape index (κ3) is 3.44.